The molecule has 8 atom stereocenters. The molecule has 1 aliphatic rings. The van der Waals surface area contributed by atoms with Crippen molar-refractivity contribution < 1.29 is 57.0 Å². The van der Waals surface area contributed by atoms with E-state index in [9.17, 15) is 43.3 Å². The zero-order valence-corrected chi connectivity index (χ0v) is 38.7. The van der Waals surface area contributed by atoms with Gasteiger partial charge in [0.05, 0.1) is 25.4 Å². The minimum atomic E-state index is -5.12. The summed E-state index contributed by atoms with van der Waals surface area (Å²) in [6, 6.07) is -1.12. The Morgan fingerprint density at radius 1 is 0.672 bits per heavy atom. The van der Waals surface area contributed by atoms with Crippen molar-refractivity contribution in [2.75, 3.05) is 13.2 Å². The van der Waals surface area contributed by atoms with Gasteiger partial charge in [-0.05, 0) is 51.4 Å². The fourth-order valence-corrected chi connectivity index (χ4v) is 7.94. The molecule has 0 bridgehead atoms. The second kappa shape index (κ2) is 37.6. The number of hydrogen-bond donors (Lipinski definition) is 7. The van der Waals surface area contributed by atoms with E-state index in [0.29, 0.717) is 12.8 Å². The predicted molar refractivity (Wildman–Crippen MR) is 242 cm³/mol. The maximum Gasteiger partial charge on any atom is 0.397 e. The van der Waals surface area contributed by atoms with Crippen molar-refractivity contribution >= 4 is 16.3 Å². The molecule has 0 saturated carbocycles. The molecule has 0 aromatic rings. The first-order chi connectivity index (χ1) is 29.4. The number of aliphatic hydroxyl groups excluding tert-OH is 5. The van der Waals surface area contributed by atoms with E-state index < -0.39 is 78.5 Å². The van der Waals surface area contributed by atoms with E-state index in [-0.39, 0.29) is 6.42 Å². The number of carbonyl (C=O) groups excluding carboxylic acids is 1. The van der Waals surface area contributed by atoms with Crippen LogP contribution in [0.25, 0.3) is 0 Å². The van der Waals surface area contributed by atoms with Crippen LogP contribution in [-0.4, -0.2) is 107 Å². The molecule has 7 N–H and O–H groups in total. The van der Waals surface area contributed by atoms with Gasteiger partial charge in [-0.15, -0.1) is 0 Å². The summed E-state index contributed by atoms with van der Waals surface area (Å²) in [4.78, 5) is 13.1. The van der Waals surface area contributed by atoms with Crippen LogP contribution in [0.3, 0.4) is 0 Å². The summed E-state index contributed by atoms with van der Waals surface area (Å²) in [6.07, 6.45) is 32.1. The van der Waals surface area contributed by atoms with Gasteiger partial charge in [0, 0.05) is 0 Å². The number of hydrogen-bond acceptors (Lipinski definition) is 11. The summed E-state index contributed by atoms with van der Waals surface area (Å²) in [5.74, 6) is -0.711. The van der Waals surface area contributed by atoms with E-state index in [1.54, 1.807) is 0 Å². The monoisotopic (exact) mass is 890 g/mol. The molecule has 13 nitrogen and oxygen atoms in total. The maximum absolute atomic E-state index is 13.1. The van der Waals surface area contributed by atoms with Crippen molar-refractivity contribution in [2.24, 2.45) is 0 Å². The highest BCUT2D eigenvalue weighted by Crippen LogP contribution is 2.26. The quantitative estimate of drug-likeness (QED) is 0.0175. The Hall–Kier alpha value is -1.72. The molecule has 1 fully saturated rings. The smallest absolute Gasteiger partial charge is 0.394 e. The van der Waals surface area contributed by atoms with Crippen molar-refractivity contribution in [2.45, 2.75) is 243 Å². The van der Waals surface area contributed by atoms with Crippen molar-refractivity contribution in [1.29, 1.82) is 0 Å². The molecule has 358 valence electrons. The van der Waals surface area contributed by atoms with Gasteiger partial charge in [0.2, 0.25) is 5.91 Å². The zero-order valence-electron chi connectivity index (χ0n) is 37.8. The van der Waals surface area contributed by atoms with Gasteiger partial charge >= 0.3 is 10.4 Å². The third-order valence-corrected chi connectivity index (χ3v) is 11.7. The second-order valence-electron chi connectivity index (χ2n) is 16.8. The average molecular weight is 890 g/mol. The number of unbranched alkanes of at least 4 members (excludes halogenated alkanes) is 23. The zero-order chi connectivity index (χ0) is 45.0. The number of nitrogens with one attached hydrogen (secondary N) is 1. The fourth-order valence-electron chi connectivity index (χ4n) is 7.43. The van der Waals surface area contributed by atoms with E-state index >= 15 is 0 Å². The van der Waals surface area contributed by atoms with Crippen molar-refractivity contribution in [1.82, 2.24) is 5.32 Å². The Morgan fingerprint density at radius 3 is 1.64 bits per heavy atom. The molecular formula is C47H87NO12S. The summed E-state index contributed by atoms with van der Waals surface area (Å²) in [5.41, 5.74) is 0. The van der Waals surface area contributed by atoms with Crippen LogP contribution in [0.4, 0.5) is 0 Å². The SMILES string of the molecule is CCCCC/C=C\C/C=C\CCCCCCCCC(O)C(=O)NC(COC1OC(CO)C(O)C(OS(=O)(=O)O)C1O)C(O)/C=C/CCCCCCCCCCCCCCCC. The molecule has 8 unspecified atom stereocenters. The lowest BCUT2D eigenvalue weighted by Crippen LogP contribution is -2.61. The summed E-state index contributed by atoms with van der Waals surface area (Å²) in [5, 5.41) is 55.2. The molecule has 1 aliphatic heterocycles. The molecule has 0 radical (unpaired) electrons. The normalized spacial score (nSPS) is 21.5. The Balaban J connectivity index is 2.58. The van der Waals surface area contributed by atoms with Crippen LogP contribution in [0.15, 0.2) is 36.5 Å². The van der Waals surface area contributed by atoms with Crippen LogP contribution in [-0.2, 0) is 28.9 Å². The highest BCUT2D eigenvalue weighted by Gasteiger charge is 2.48. The number of allylic oxidation sites excluding steroid dienone is 5. The summed E-state index contributed by atoms with van der Waals surface area (Å²) in [6.45, 7) is 3.19. The number of carbonyl (C=O) groups is 1. The van der Waals surface area contributed by atoms with Crippen molar-refractivity contribution in [3.05, 3.63) is 36.5 Å². The second-order valence-corrected chi connectivity index (χ2v) is 17.9. The Bertz CT molecular complexity index is 1250. The molecule has 14 heteroatoms. The molecule has 0 spiro atoms. The lowest BCUT2D eigenvalue weighted by atomic mass is 9.99. The molecular weight excluding hydrogens is 803 g/mol. The first kappa shape index (κ1) is 57.3. The largest absolute Gasteiger partial charge is 0.397 e. The van der Waals surface area contributed by atoms with Gasteiger partial charge in [-0.3, -0.25) is 9.35 Å². The van der Waals surface area contributed by atoms with Gasteiger partial charge in [0.15, 0.2) is 6.29 Å². The summed E-state index contributed by atoms with van der Waals surface area (Å²) in [7, 11) is -5.12. The predicted octanol–water partition coefficient (Wildman–Crippen LogP) is 8.47. The lowest BCUT2D eigenvalue weighted by molar-refractivity contribution is -0.298. The van der Waals surface area contributed by atoms with Gasteiger partial charge in [0.1, 0.15) is 30.5 Å². The van der Waals surface area contributed by atoms with Gasteiger partial charge in [-0.25, -0.2) is 4.18 Å². The van der Waals surface area contributed by atoms with Crippen LogP contribution in [0.1, 0.15) is 194 Å². The third kappa shape index (κ3) is 30.1. The Labute approximate surface area is 369 Å². The standard InChI is InChI=1S/C47H87NO12S/c1-3-5-7-9-11-13-15-17-19-21-23-25-27-29-31-33-35-40(50)39(38-58-47-44(53)45(60-61(55,56)57)43(52)42(37-49)59-47)48-46(54)41(51)36-34-32-30-28-26-24-22-20-18-16-14-12-10-8-6-4-2/h12,14,18,20,33,35,39-45,47,49-53H,3-11,13,15-17,19,21-32,34,36-38H2,1-2H3,(H,48,54)(H,55,56,57)/b14-12-,20-18-,35-33+. The van der Waals surface area contributed by atoms with E-state index in [1.807, 2.05) is 6.08 Å². The first-order valence-corrected chi connectivity index (χ1v) is 25.3. The Kier molecular flexibility index (Phi) is 35.4. The van der Waals surface area contributed by atoms with E-state index in [4.69, 9.17) is 9.47 Å². The fraction of sp³-hybridized carbons (Fsp3) is 0.851. The highest BCUT2D eigenvalue weighted by molar-refractivity contribution is 7.80. The van der Waals surface area contributed by atoms with Gasteiger partial charge in [0.25, 0.3) is 0 Å². The first-order valence-electron chi connectivity index (χ1n) is 24.0. The van der Waals surface area contributed by atoms with E-state index in [2.05, 4.69) is 47.7 Å². The number of rotatable bonds is 40. The van der Waals surface area contributed by atoms with E-state index in [1.165, 1.54) is 96.0 Å². The van der Waals surface area contributed by atoms with Crippen LogP contribution < -0.4 is 5.32 Å². The molecule has 1 saturated heterocycles. The Morgan fingerprint density at radius 2 is 1.13 bits per heavy atom. The molecule has 1 amide bonds. The van der Waals surface area contributed by atoms with Crippen molar-refractivity contribution in [3.8, 4) is 0 Å². The number of aliphatic hydroxyl groups is 5. The number of amides is 1. The van der Waals surface area contributed by atoms with Crippen molar-refractivity contribution in [3.63, 3.8) is 0 Å². The van der Waals surface area contributed by atoms with E-state index in [0.717, 1.165) is 70.6 Å². The molecule has 0 aromatic heterocycles. The lowest BCUT2D eigenvalue weighted by Gasteiger charge is -2.41. The van der Waals surface area contributed by atoms with Crippen LogP contribution >= 0.6 is 0 Å². The molecule has 61 heavy (non-hydrogen) atoms. The van der Waals surface area contributed by atoms with Gasteiger partial charge in [-0.2, -0.15) is 8.42 Å². The topological polar surface area (TPSA) is 212 Å². The minimum absolute atomic E-state index is 0.230. The maximum atomic E-state index is 13.1. The average Bonchev–Trinajstić information content (AvgIpc) is 3.23. The minimum Gasteiger partial charge on any atom is -0.394 e. The van der Waals surface area contributed by atoms with Crippen LogP contribution in [0, 0.1) is 0 Å². The highest BCUT2D eigenvalue weighted by atomic mass is 32.3. The summed E-state index contributed by atoms with van der Waals surface area (Å²) >= 11 is 0. The molecule has 0 aliphatic carbocycles. The summed E-state index contributed by atoms with van der Waals surface area (Å²) < 4.78 is 47.5. The van der Waals surface area contributed by atoms with Crippen LogP contribution in [0.2, 0.25) is 0 Å². The number of ether oxygens (including phenoxy) is 2. The molecule has 0 aromatic carbocycles. The van der Waals surface area contributed by atoms with Gasteiger partial charge < -0.3 is 40.3 Å². The molecule has 1 heterocycles. The van der Waals surface area contributed by atoms with Gasteiger partial charge in [-0.1, -0.05) is 179 Å². The van der Waals surface area contributed by atoms with Crippen LogP contribution in [0.5, 0.6) is 0 Å². The molecule has 1 rings (SSSR count). The third-order valence-electron chi connectivity index (χ3n) is 11.3.